The summed E-state index contributed by atoms with van der Waals surface area (Å²) in [5.74, 6) is 0. The van der Waals surface area contributed by atoms with Crippen LogP contribution in [-0.2, 0) is 28.4 Å². The number of amides is 2. The van der Waals surface area contributed by atoms with Crippen molar-refractivity contribution in [2.75, 3.05) is 23.8 Å². The molecule has 2 aromatic carbocycles. The molecule has 4 rings (SSSR count). The molecule has 0 aliphatic heterocycles. The van der Waals surface area contributed by atoms with Crippen molar-refractivity contribution in [1.29, 1.82) is 0 Å². The first kappa shape index (κ1) is 32.0. The minimum absolute atomic E-state index is 0.0897. The highest BCUT2D eigenvalue weighted by Crippen LogP contribution is 2.36. The molecule has 232 valence electrons. The van der Waals surface area contributed by atoms with E-state index in [-0.39, 0.29) is 30.8 Å². The normalized spacial score (nSPS) is 12.4. The van der Waals surface area contributed by atoms with Crippen LogP contribution >= 0.6 is 0 Å². The van der Waals surface area contributed by atoms with Crippen LogP contribution in [0.1, 0.15) is 29.7 Å². The molecule has 8 nitrogen and oxygen atoms in total. The largest absolute Gasteiger partial charge is 0.416 e. The average molecular weight is 619 g/mol. The fourth-order valence-electron chi connectivity index (χ4n) is 4.79. The Labute approximate surface area is 248 Å². The highest BCUT2D eigenvalue weighted by molar-refractivity contribution is 5.84. The van der Waals surface area contributed by atoms with Gasteiger partial charge in [0, 0.05) is 37.6 Å². The molecule has 0 bridgehead atoms. The van der Waals surface area contributed by atoms with Gasteiger partial charge in [-0.2, -0.15) is 31.4 Å². The van der Waals surface area contributed by atoms with Crippen LogP contribution in [0.4, 0.5) is 37.7 Å². The number of hydrogen-bond acceptors (Lipinski definition) is 5. The molecule has 2 heterocycles. The van der Waals surface area contributed by atoms with Crippen LogP contribution in [0.5, 0.6) is 0 Å². The number of nitrogens with zero attached hydrogens (tertiary/aromatic N) is 4. The van der Waals surface area contributed by atoms with Crippen LogP contribution in [0.25, 0.3) is 16.9 Å². The van der Waals surface area contributed by atoms with Crippen LogP contribution in [0.15, 0.2) is 73.1 Å². The second kappa shape index (κ2) is 13.6. The van der Waals surface area contributed by atoms with E-state index < -0.39 is 29.5 Å². The number of benzene rings is 2. The highest BCUT2D eigenvalue weighted by atomic mass is 19.4. The molecule has 4 aromatic rings. The number of pyridine rings is 1. The molecule has 1 atom stereocenters. The number of nitrogens with one attached hydrogen (secondary N) is 2. The lowest BCUT2D eigenvalue weighted by Crippen LogP contribution is -2.37. The van der Waals surface area contributed by atoms with Crippen LogP contribution in [0, 0.1) is 0 Å². The van der Waals surface area contributed by atoms with Gasteiger partial charge < -0.3 is 15.5 Å². The summed E-state index contributed by atoms with van der Waals surface area (Å²) in [5, 5.41) is 9.90. The highest BCUT2D eigenvalue weighted by Gasteiger charge is 2.32. The first-order valence-corrected chi connectivity index (χ1v) is 13.4. The zero-order valence-corrected chi connectivity index (χ0v) is 23.4. The van der Waals surface area contributed by atoms with Crippen LogP contribution in [0.3, 0.4) is 0 Å². The SMILES string of the molecule is CNc1cc(C(F)(F)F)ccc1N(C=O)C(CCNC=O)CCc1cc(-c2ccncc2)n(-c2ccc(C(F)(F)F)cc2)n1. The van der Waals surface area contributed by atoms with Gasteiger partial charge in [0.1, 0.15) is 0 Å². The molecule has 2 N–H and O–H groups in total. The van der Waals surface area contributed by atoms with Crippen LogP contribution in [0.2, 0.25) is 0 Å². The van der Waals surface area contributed by atoms with E-state index in [4.69, 9.17) is 0 Å². The van der Waals surface area contributed by atoms with E-state index in [1.54, 1.807) is 30.6 Å². The number of carbonyl (C=O) groups excluding carboxylic acids is 2. The van der Waals surface area contributed by atoms with E-state index in [9.17, 15) is 35.9 Å². The number of alkyl halides is 6. The number of anilines is 2. The number of hydrogen-bond donors (Lipinski definition) is 2. The third kappa shape index (κ3) is 7.54. The van der Waals surface area contributed by atoms with E-state index >= 15 is 0 Å². The topological polar surface area (TPSA) is 92.2 Å². The molecule has 0 radical (unpaired) electrons. The standard InChI is InChI=1S/C30H28F6N6O2/c1-37-26-16-22(30(34,35)36)4-9-27(26)41(19-44)24(12-15-39-18-43)8-5-23-17-28(20-10-13-38-14-11-20)42(40-23)25-6-2-21(3-7-25)29(31,32)33/h2-4,6-7,9-11,13-14,16-19,24,37H,5,8,12,15H2,1H3,(H,39,43). The van der Waals surface area contributed by atoms with E-state index in [1.165, 1.54) is 34.8 Å². The van der Waals surface area contributed by atoms with E-state index in [0.717, 1.165) is 24.3 Å². The molecule has 44 heavy (non-hydrogen) atoms. The molecule has 0 saturated carbocycles. The molecule has 2 amide bonds. The smallest absolute Gasteiger partial charge is 0.386 e. The average Bonchev–Trinajstić information content (AvgIpc) is 3.44. The van der Waals surface area contributed by atoms with Gasteiger partial charge in [-0.05, 0) is 79.9 Å². The van der Waals surface area contributed by atoms with Crippen molar-refractivity contribution in [3.63, 3.8) is 0 Å². The van der Waals surface area contributed by atoms with E-state index in [0.29, 0.717) is 41.9 Å². The molecular formula is C30H28F6N6O2. The zero-order chi connectivity index (χ0) is 31.9. The van der Waals surface area contributed by atoms with Crippen LogP contribution in [-0.4, -0.2) is 47.2 Å². The number of aromatic nitrogens is 3. The van der Waals surface area contributed by atoms with Crippen molar-refractivity contribution in [3.05, 3.63) is 89.9 Å². The predicted octanol–water partition coefficient (Wildman–Crippen LogP) is 6.11. The quantitative estimate of drug-likeness (QED) is 0.107. The minimum atomic E-state index is -4.58. The Morgan fingerprint density at radius 3 is 2.14 bits per heavy atom. The summed E-state index contributed by atoms with van der Waals surface area (Å²) >= 11 is 0. The van der Waals surface area contributed by atoms with Crippen molar-refractivity contribution >= 4 is 24.2 Å². The third-order valence-corrected chi connectivity index (χ3v) is 6.99. The lowest BCUT2D eigenvalue weighted by atomic mass is 10.0. The molecule has 0 spiro atoms. The summed E-state index contributed by atoms with van der Waals surface area (Å²) < 4.78 is 81.0. The van der Waals surface area contributed by atoms with Gasteiger partial charge in [0.25, 0.3) is 0 Å². The molecular weight excluding hydrogens is 590 g/mol. The summed E-state index contributed by atoms with van der Waals surface area (Å²) in [6, 6.07) is 12.2. The Morgan fingerprint density at radius 2 is 1.55 bits per heavy atom. The summed E-state index contributed by atoms with van der Waals surface area (Å²) in [4.78, 5) is 28.6. The predicted molar refractivity (Wildman–Crippen MR) is 152 cm³/mol. The third-order valence-electron chi connectivity index (χ3n) is 6.99. The summed E-state index contributed by atoms with van der Waals surface area (Å²) in [5.41, 5.74) is 0.873. The van der Waals surface area contributed by atoms with Crippen molar-refractivity contribution in [3.8, 4) is 16.9 Å². The Bertz CT molecular complexity index is 1560. The lowest BCUT2D eigenvalue weighted by molar-refractivity contribution is -0.138. The molecule has 0 fully saturated rings. The number of carbonyl (C=O) groups is 2. The van der Waals surface area contributed by atoms with Gasteiger partial charge in [0.2, 0.25) is 12.8 Å². The number of aryl methyl sites for hydroxylation is 1. The molecule has 0 aliphatic carbocycles. The Balaban J connectivity index is 1.67. The number of rotatable bonds is 13. The van der Waals surface area contributed by atoms with Gasteiger partial charge in [-0.15, -0.1) is 0 Å². The van der Waals surface area contributed by atoms with Gasteiger partial charge >= 0.3 is 12.4 Å². The van der Waals surface area contributed by atoms with Crippen molar-refractivity contribution in [2.24, 2.45) is 0 Å². The van der Waals surface area contributed by atoms with E-state index in [2.05, 4.69) is 20.7 Å². The van der Waals surface area contributed by atoms with Crippen molar-refractivity contribution in [1.82, 2.24) is 20.1 Å². The maximum absolute atomic E-state index is 13.3. The Morgan fingerprint density at radius 1 is 0.886 bits per heavy atom. The van der Waals surface area contributed by atoms with Gasteiger partial charge in [-0.3, -0.25) is 14.6 Å². The van der Waals surface area contributed by atoms with Gasteiger partial charge in [0.05, 0.1) is 39.6 Å². The van der Waals surface area contributed by atoms with Crippen molar-refractivity contribution < 1.29 is 35.9 Å². The molecule has 1 unspecified atom stereocenters. The first-order chi connectivity index (χ1) is 21.0. The molecule has 14 heteroatoms. The van der Waals surface area contributed by atoms with Gasteiger partial charge in [0.15, 0.2) is 0 Å². The maximum atomic E-state index is 13.3. The summed E-state index contributed by atoms with van der Waals surface area (Å²) in [7, 11) is 1.44. The van der Waals surface area contributed by atoms with Gasteiger partial charge in [-0.25, -0.2) is 4.68 Å². The van der Waals surface area contributed by atoms with Crippen LogP contribution < -0.4 is 15.5 Å². The first-order valence-electron chi connectivity index (χ1n) is 13.4. The summed E-state index contributed by atoms with van der Waals surface area (Å²) in [6.45, 7) is 0.191. The Kier molecular flexibility index (Phi) is 9.91. The van der Waals surface area contributed by atoms with Gasteiger partial charge in [-0.1, -0.05) is 0 Å². The molecule has 0 saturated heterocycles. The molecule has 2 aromatic heterocycles. The fourth-order valence-corrected chi connectivity index (χ4v) is 4.79. The monoisotopic (exact) mass is 618 g/mol. The second-order valence-corrected chi connectivity index (χ2v) is 9.76. The minimum Gasteiger partial charge on any atom is -0.386 e. The van der Waals surface area contributed by atoms with E-state index in [1.807, 2.05) is 0 Å². The maximum Gasteiger partial charge on any atom is 0.416 e. The van der Waals surface area contributed by atoms with Crippen molar-refractivity contribution in [2.45, 2.75) is 37.7 Å². The second-order valence-electron chi connectivity index (χ2n) is 9.76. The summed E-state index contributed by atoms with van der Waals surface area (Å²) in [6.07, 6.45) is -4.05. The molecule has 0 aliphatic rings. The zero-order valence-electron chi connectivity index (χ0n) is 23.4. The Hall–Kier alpha value is -4.88. The lowest BCUT2D eigenvalue weighted by Gasteiger charge is -2.30. The number of halogens is 6. The fraction of sp³-hybridized carbons (Fsp3) is 0.267.